The highest BCUT2D eigenvalue weighted by molar-refractivity contribution is 5.17. The van der Waals surface area contributed by atoms with Crippen molar-refractivity contribution in [3.05, 3.63) is 11.4 Å². The molecule has 4 nitrogen and oxygen atoms in total. The molecular weight excluding hydrogens is 214 g/mol. The first kappa shape index (κ1) is 12.6. The summed E-state index contributed by atoms with van der Waals surface area (Å²) in [5.41, 5.74) is 2.00. The van der Waals surface area contributed by atoms with Crippen molar-refractivity contribution in [1.82, 2.24) is 15.0 Å². The molecule has 0 unspecified atom stereocenters. The minimum absolute atomic E-state index is 0.0286. The molecule has 1 aromatic heterocycles. The maximum absolute atomic E-state index is 9.29. The Morgan fingerprint density at radius 3 is 2.71 bits per heavy atom. The average molecular weight is 237 g/mol. The monoisotopic (exact) mass is 237 g/mol. The summed E-state index contributed by atoms with van der Waals surface area (Å²) in [5.74, 6) is 0.596. The van der Waals surface area contributed by atoms with Crippen LogP contribution in [0.15, 0.2) is 0 Å². The van der Waals surface area contributed by atoms with Gasteiger partial charge < -0.3 is 5.11 Å². The van der Waals surface area contributed by atoms with Gasteiger partial charge >= 0.3 is 0 Å². The van der Waals surface area contributed by atoms with Crippen molar-refractivity contribution < 1.29 is 5.11 Å². The first-order valence-corrected chi connectivity index (χ1v) is 6.90. The lowest BCUT2D eigenvalue weighted by Crippen LogP contribution is -2.17. The predicted octanol–water partition coefficient (Wildman–Crippen LogP) is 2.62. The lowest BCUT2D eigenvalue weighted by molar-refractivity contribution is 0.271. The Labute approximate surface area is 103 Å². The van der Waals surface area contributed by atoms with Crippen LogP contribution in [0.5, 0.6) is 0 Å². The van der Waals surface area contributed by atoms with Crippen molar-refractivity contribution in [1.29, 1.82) is 0 Å². The summed E-state index contributed by atoms with van der Waals surface area (Å²) < 4.78 is 2.03. The highest BCUT2D eigenvalue weighted by Crippen LogP contribution is 2.37. The molecule has 0 radical (unpaired) electrons. The van der Waals surface area contributed by atoms with E-state index in [9.17, 15) is 5.11 Å². The summed E-state index contributed by atoms with van der Waals surface area (Å²) in [4.78, 5) is 0. The number of aryl methyl sites for hydroxylation is 1. The van der Waals surface area contributed by atoms with Crippen LogP contribution in [0.1, 0.15) is 69.2 Å². The Morgan fingerprint density at radius 2 is 2.12 bits per heavy atom. The summed E-state index contributed by atoms with van der Waals surface area (Å²) in [5, 5.41) is 17.6. The first-order chi connectivity index (χ1) is 8.36. The summed E-state index contributed by atoms with van der Waals surface area (Å²) >= 11 is 0. The normalized spacial score (nSPS) is 16.1. The average Bonchev–Trinajstić information content (AvgIpc) is 2.66. The molecule has 1 saturated carbocycles. The van der Waals surface area contributed by atoms with Crippen molar-refractivity contribution >= 4 is 0 Å². The summed E-state index contributed by atoms with van der Waals surface area (Å²) in [6, 6.07) is 0. The molecule has 2 rings (SSSR count). The van der Waals surface area contributed by atoms with Crippen LogP contribution in [0.4, 0.5) is 0 Å². The fraction of sp³-hybridized carbons (Fsp3) is 0.846. The quantitative estimate of drug-likeness (QED) is 0.742. The van der Waals surface area contributed by atoms with Gasteiger partial charge in [0.05, 0.1) is 12.3 Å². The number of hydrogen-bond donors (Lipinski definition) is 1. The van der Waals surface area contributed by atoms with Crippen LogP contribution in [0.25, 0.3) is 0 Å². The van der Waals surface area contributed by atoms with Crippen LogP contribution < -0.4 is 0 Å². The molecule has 96 valence electrons. The molecule has 4 heteroatoms. The Kier molecular flexibility index (Phi) is 4.54. The highest BCUT2D eigenvalue weighted by Gasteiger charge is 2.27. The van der Waals surface area contributed by atoms with Crippen LogP contribution in [-0.2, 0) is 13.2 Å². The van der Waals surface area contributed by atoms with E-state index in [-0.39, 0.29) is 6.61 Å². The molecule has 0 aromatic carbocycles. The van der Waals surface area contributed by atoms with E-state index in [0.717, 1.165) is 12.2 Å². The second-order valence-corrected chi connectivity index (χ2v) is 4.99. The van der Waals surface area contributed by atoms with Gasteiger partial charge in [-0.1, -0.05) is 37.8 Å². The van der Waals surface area contributed by atoms with Crippen molar-refractivity contribution in [3.8, 4) is 0 Å². The largest absolute Gasteiger partial charge is 0.390 e. The first-order valence-electron chi connectivity index (χ1n) is 6.90. The molecule has 17 heavy (non-hydrogen) atoms. The van der Waals surface area contributed by atoms with Gasteiger partial charge in [0.2, 0.25) is 0 Å². The van der Waals surface area contributed by atoms with E-state index >= 15 is 0 Å². The van der Waals surface area contributed by atoms with Crippen molar-refractivity contribution in [3.63, 3.8) is 0 Å². The summed E-state index contributed by atoms with van der Waals surface area (Å²) in [7, 11) is 0. The smallest absolute Gasteiger partial charge is 0.112 e. The molecule has 0 saturated heterocycles. The van der Waals surface area contributed by atoms with Gasteiger partial charge in [-0.2, -0.15) is 0 Å². The zero-order valence-electron chi connectivity index (χ0n) is 10.7. The van der Waals surface area contributed by atoms with E-state index in [2.05, 4.69) is 17.2 Å². The van der Waals surface area contributed by atoms with Gasteiger partial charge in [0.15, 0.2) is 0 Å². The summed E-state index contributed by atoms with van der Waals surface area (Å²) in [6.45, 7) is 3.21. The Balaban J connectivity index is 1.97. The highest BCUT2D eigenvalue weighted by atomic mass is 16.3. The van der Waals surface area contributed by atoms with Crippen molar-refractivity contribution in [2.75, 3.05) is 0 Å². The third-order valence-electron chi connectivity index (χ3n) is 3.71. The van der Waals surface area contributed by atoms with Gasteiger partial charge in [0, 0.05) is 12.5 Å². The number of rotatable bonds is 7. The number of aliphatic hydroxyl groups excluding tert-OH is 1. The van der Waals surface area contributed by atoms with Crippen molar-refractivity contribution in [2.45, 2.75) is 70.9 Å². The zero-order valence-corrected chi connectivity index (χ0v) is 10.7. The Hall–Kier alpha value is -0.900. The standard InChI is InChI=1S/C13H23N3O/c1-2-3-4-5-9-16-13(11-7-6-8-11)12(10-17)14-15-16/h11,17H,2-10H2,1H3. The molecule has 1 aromatic rings. The van der Waals surface area contributed by atoms with Crippen LogP contribution in [0.3, 0.4) is 0 Å². The second kappa shape index (κ2) is 6.15. The molecule has 1 aliphatic rings. The minimum atomic E-state index is 0.0286. The van der Waals surface area contributed by atoms with Gasteiger partial charge in [0.25, 0.3) is 0 Å². The number of nitrogens with zero attached hydrogens (tertiary/aromatic N) is 3. The molecule has 1 aliphatic carbocycles. The maximum atomic E-state index is 9.29. The van der Waals surface area contributed by atoms with E-state index in [1.54, 1.807) is 0 Å². The molecule has 0 amide bonds. The van der Waals surface area contributed by atoms with E-state index in [4.69, 9.17) is 0 Å². The van der Waals surface area contributed by atoms with Crippen LogP contribution in [0.2, 0.25) is 0 Å². The topological polar surface area (TPSA) is 50.9 Å². The molecule has 1 heterocycles. The lowest BCUT2D eigenvalue weighted by atomic mass is 9.82. The molecular formula is C13H23N3O. The molecule has 0 bridgehead atoms. The van der Waals surface area contributed by atoms with Gasteiger partial charge in [-0.15, -0.1) is 5.10 Å². The predicted molar refractivity (Wildman–Crippen MR) is 66.7 cm³/mol. The zero-order chi connectivity index (χ0) is 12.1. The fourth-order valence-corrected chi connectivity index (χ4v) is 2.45. The van der Waals surface area contributed by atoms with Gasteiger partial charge in [-0.05, 0) is 19.3 Å². The van der Waals surface area contributed by atoms with E-state index in [1.807, 2.05) is 4.68 Å². The van der Waals surface area contributed by atoms with E-state index in [1.165, 1.54) is 50.6 Å². The Morgan fingerprint density at radius 1 is 1.29 bits per heavy atom. The second-order valence-electron chi connectivity index (χ2n) is 4.99. The maximum Gasteiger partial charge on any atom is 0.112 e. The Bertz CT molecular complexity index is 344. The van der Waals surface area contributed by atoms with Crippen molar-refractivity contribution in [2.24, 2.45) is 0 Å². The molecule has 0 aliphatic heterocycles. The summed E-state index contributed by atoms with van der Waals surface area (Å²) in [6.07, 6.45) is 8.74. The number of aliphatic hydroxyl groups is 1. The molecule has 0 spiro atoms. The van der Waals surface area contributed by atoms with Gasteiger partial charge in [-0.3, -0.25) is 0 Å². The third kappa shape index (κ3) is 2.86. The van der Waals surface area contributed by atoms with Crippen LogP contribution in [-0.4, -0.2) is 20.1 Å². The number of unbranched alkanes of at least 4 members (excludes halogenated alkanes) is 3. The molecule has 0 atom stereocenters. The van der Waals surface area contributed by atoms with E-state index in [0.29, 0.717) is 5.92 Å². The number of hydrogen-bond acceptors (Lipinski definition) is 3. The number of aromatic nitrogens is 3. The SMILES string of the molecule is CCCCCCn1nnc(CO)c1C1CCC1. The van der Waals surface area contributed by atoms with Crippen LogP contribution in [0, 0.1) is 0 Å². The molecule has 1 N–H and O–H groups in total. The third-order valence-corrected chi connectivity index (χ3v) is 3.71. The van der Waals surface area contributed by atoms with Gasteiger partial charge in [-0.25, -0.2) is 4.68 Å². The fourth-order valence-electron chi connectivity index (χ4n) is 2.45. The molecule has 1 fully saturated rings. The van der Waals surface area contributed by atoms with Gasteiger partial charge in [0.1, 0.15) is 5.69 Å². The van der Waals surface area contributed by atoms with E-state index < -0.39 is 0 Å². The van der Waals surface area contributed by atoms with Crippen LogP contribution >= 0.6 is 0 Å². The minimum Gasteiger partial charge on any atom is -0.390 e. The lowest BCUT2D eigenvalue weighted by Gasteiger charge is -2.26.